The zero-order valence-electron chi connectivity index (χ0n) is 17.4. The smallest absolute Gasteiger partial charge is 0.343 e. The van der Waals surface area contributed by atoms with Gasteiger partial charge in [-0.15, -0.1) is 0 Å². The summed E-state index contributed by atoms with van der Waals surface area (Å²) in [7, 11) is 0. The number of nitrogens with one attached hydrogen (secondary N) is 2. The molecule has 0 aliphatic heterocycles. The summed E-state index contributed by atoms with van der Waals surface area (Å²) < 4.78 is 5.41. The quantitative estimate of drug-likeness (QED) is 0.200. The number of esters is 1. The zero-order chi connectivity index (χ0) is 23.1. The molecule has 32 heavy (non-hydrogen) atoms. The molecule has 0 atom stereocenters. The molecule has 0 spiro atoms. The fourth-order valence-electron chi connectivity index (χ4n) is 2.64. The summed E-state index contributed by atoms with van der Waals surface area (Å²) in [5, 5.41) is 6.81. The van der Waals surface area contributed by atoms with E-state index < -0.39 is 17.8 Å². The van der Waals surface area contributed by atoms with Crippen LogP contribution < -0.4 is 15.5 Å². The van der Waals surface area contributed by atoms with Gasteiger partial charge in [-0.05, 0) is 73.5 Å². The van der Waals surface area contributed by atoms with Crippen LogP contribution in [0.3, 0.4) is 0 Å². The van der Waals surface area contributed by atoms with E-state index in [1.807, 2.05) is 19.9 Å². The molecule has 0 fully saturated rings. The van der Waals surface area contributed by atoms with Crippen LogP contribution in [0.15, 0.2) is 71.8 Å². The van der Waals surface area contributed by atoms with Crippen molar-refractivity contribution < 1.29 is 19.1 Å². The van der Waals surface area contributed by atoms with Crippen LogP contribution >= 0.6 is 11.6 Å². The van der Waals surface area contributed by atoms with Crippen LogP contribution in [0.5, 0.6) is 5.75 Å². The number of para-hydroxylation sites is 1. The second-order valence-corrected chi connectivity index (χ2v) is 7.32. The Morgan fingerprint density at radius 3 is 2.34 bits per heavy atom. The zero-order valence-corrected chi connectivity index (χ0v) is 18.1. The van der Waals surface area contributed by atoms with Crippen molar-refractivity contribution in [3.8, 4) is 5.75 Å². The summed E-state index contributed by atoms with van der Waals surface area (Å²) in [4.78, 5) is 36.4. The van der Waals surface area contributed by atoms with Gasteiger partial charge in [-0.2, -0.15) is 5.10 Å². The number of benzene rings is 3. The number of rotatable bonds is 5. The first-order valence-electron chi connectivity index (χ1n) is 9.62. The minimum absolute atomic E-state index is 0.241. The van der Waals surface area contributed by atoms with Gasteiger partial charge in [-0.25, -0.2) is 10.2 Å². The normalized spacial score (nSPS) is 10.6. The minimum Gasteiger partial charge on any atom is -0.422 e. The van der Waals surface area contributed by atoms with Crippen LogP contribution in [0.4, 0.5) is 5.69 Å². The number of amides is 2. The van der Waals surface area contributed by atoms with E-state index in [1.54, 1.807) is 60.7 Å². The van der Waals surface area contributed by atoms with E-state index in [9.17, 15) is 14.4 Å². The Balaban J connectivity index is 1.62. The van der Waals surface area contributed by atoms with Gasteiger partial charge in [0.1, 0.15) is 5.75 Å². The van der Waals surface area contributed by atoms with E-state index in [0.717, 1.165) is 11.1 Å². The van der Waals surface area contributed by atoms with Crippen LogP contribution in [0.1, 0.15) is 27.0 Å². The van der Waals surface area contributed by atoms with Crippen molar-refractivity contribution in [2.24, 2.45) is 5.10 Å². The number of hydrogen-bond donors (Lipinski definition) is 2. The molecule has 0 aliphatic rings. The van der Waals surface area contributed by atoms with Crippen molar-refractivity contribution in [3.05, 3.63) is 94.0 Å². The lowest BCUT2D eigenvalue weighted by atomic mass is 10.1. The molecular weight excluding hydrogens is 430 g/mol. The third kappa shape index (κ3) is 6.02. The van der Waals surface area contributed by atoms with Crippen molar-refractivity contribution in [2.45, 2.75) is 13.8 Å². The van der Waals surface area contributed by atoms with Gasteiger partial charge in [-0.1, -0.05) is 29.8 Å². The molecule has 0 saturated heterocycles. The van der Waals surface area contributed by atoms with Crippen LogP contribution in [0.25, 0.3) is 0 Å². The molecule has 0 radical (unpaired) electrons. The van der Waals surface area contributed by atoms with E-state index in [-0.39, 0.29) is 5.75 Å². The summed E-state index contributed by atoms with van der Waals surface area (Å²) >= 11 is 5.83. The Kier molecular flexibility index (Phi) is 7.36. The SMILES string of the molecule is Cc1ccc(NC(=O)C(=O)N/N=C/c2ccccc2OC(=O)c2ccc(Cl)cc2)cc1C. The summed E-state index contributed by atoms with van der Waals surface area (Å²) in [6.07, 6.45) is 1.28. The molecule has 0 aliphatic carbocycles. The average molecular weight is 450 g/mol. The number of nitrogens with zero attached hydrogens (tertiary/aromatic N) is 1. The first kappa shape index (κ1) is 22.7. The Bertz CT molecular complexity index is 1190. The number of carbonyl (C=O) groups excluding carboxylic acids is 3. The third-order valence-electron chi connectivity index (χ3n) is 4.54. The summed E-state index contributed by atoms with van der Waals surface area (Å²) in [6, 6.07) is 18.3. The number of aryl methyl sites for hydroxylation is 2. The highest BCUT2D eigenvalue weighted by Crippen LogP contribution is 2.19. The number of anilines is 1. The van der Waals surface area contributed by atoms with E-state index in [2.05, 4.69) is 15.8 Å². The number of halogens is 1. The molecule has 3 aromatic carbocycles. The van der Waals surface area contributed by atoms with E-state index in [1.165, 1.54) is 6.21 Å². The molecule has 2 amide bonds. The fourth-order valence-corrected chi connectivity index (χ4v) is 2.77. The molecular formula is C24H20ClN3O4. The van der Waals surface area contributed by atoms with Crippen molar-refractivity contribution in [3.63, 3.8) is 0 Å². The van der Waals surface area contributed by atoms with Crippen molar-refractivity contribution in [1.29, 1.82) is 0 Å². The van der Waals surface area contributed by atoms with Gasteiger partial charge >= 0.3 is 17.8 Å². The number of carbonyl (C=O) groups is 3. The lowest BCUT2D eigenvalue weighted by Crippen LogP contribution is -2.32. The van der Waals surface area contributed by atoms with Gasteiger partial charge in [0.25, 0.3) is 0 Å². The molecule has 0 bridgehead atoms. The van der Waals surface area contributed by atoms with Gasteiger partial charge in [-0.3, -0.25) is 9.59 Å². The molecule has 0 saturated carbocycles. The van der Waals surface area contributed by atoms with Crippen molar-refractivity contribution in [1.82, 2.24) is 5.43 Å². The Morgan fingerprint density at radius 1 is 0.906 bits per heavy atom. The summed E-state index contributed by atoms with van der Waals surface area (Å²) in [6.45, 7) is 3.86. The molecule has 0 heterocycles. The highest BCUT2D eigenvalue weighted by atomic mass is 35.5. The molecule has 7 nitrogen and oxygen atoms in total. The Morgan fingerprint density at radius 2 is 1.62 bits per heavy atom. The lowest BCUT2D eigenvalue weighted by Gasteiger charge is -2.08. The molecule has 162 valence electrons. The molecule has 0 unspecified atom stereocenters. The molecule has 8 heteroatoms. The second-order valence-electron chi connectivity index (χ2n) is 6.89. The number of ether oxygens (including phenoxy) is 1. The highest BCUT2D eigenvalue weighted by molar-refractivity contribution is 6.39. The maximum atomic E-state index is 12.3. The average Bonchev–Trinajstić information content (AvgIpc) is 2.77. The third-order valence-corrected chi connectivity index (χ3v) is 4.79. The molecule has 0 aromatic heterocycles. The monoisotopic (exact) mass is 449 g/mol. The van der Waals surface area contributed by atoms with Crippen LogP contribution in [0.2, 0.25) is 5.02 Å². The fraction of sp³-hybridized carbons (Fsp3) is 0.0833. The van der Waals surface area contributed by atoms with Crippen LogP contribution in [-0.4, -0.2) is 24.0 Å². The highest BCUT2D eigenvalue weighted by Gasteiger charge is 2.14. The maximum Gasteiger partial charge on any atom is 0.343 e. The van der Waals surface area contributed by atoms with Gasteiger partial charge < -0.3 is 10.1 Å². The standard InChI is InChI=1S/C24H20ClN3O4/c1-15-7-12-20(13-16(15)2)27-22(29)23(30)28-26-14-18-5-3-4-6-21(18)32-24(31)17-8-10-19(25)11-9-17/h3-14H,1-2H3,(H,27,29)(H,28,30)/b26-14+. The van der Waals surface area contributed by atoms with Crippen LogP contribution in [-0.2, 0) is 9.59 Å². The van der Waals surface area contributed by atoms with E-state index in [0.29, 0.717) is 21.8 Å². The largest absolute Gasteiger partial charge is 0.422 e. The molecule has 2 N–H and O–H groups in total. The Labute approximate surface area is 190 Å². The predicted molar refractivity (Wildman–Crippen MR) is 123 cm³/mol. The van der Waals surface area contributed by atoms with Gasteiger partial charge in [0.15, 0.2) is 0 Å². The van der Waals surface area contributed by atoms with E-state index >= 15 is 0 Å². The van der Waals surface area contributed by atoms with Gasteiger partial charge in [0, 0.05) is 16.3 Å². The van der Waals surface area contributed by atoms with Crippen molar-refractivity contribution >= 4 is 41.3 Å². The predicted octanol–water partition coefficient (Wildman–Crippen LogP) is 4.26. The molecule has 3 aromatic rings. The topological polar surface area (TPSA) is 96.9 Å². The lowest BCUT2D eigenvalue weighted by molar-refractivity contribution is -0.136. The second kappa shape index (κ2) is 10.4. The van der Waals surface area contributed by atoms with Gasteiger partial charge in [0.2, 0.25) is 0 Å². The van der Waals surface area contributed by atoms with Gasteiger partial charge in [0.05, 0.1) is 11.8 Å². The van der Waals surface area contributed by atoms with Crippen molar-refractivity contribution in [2.75, 3.05) is 5.32 Å². The maximum absolute atomic E-state index is 12.3. The first-order chi connectivity index (χ1) is 15.3. The minimum atomic E-state index is -0.935. The van der Waals surface area contributed by atoms with Crippen LogP contribution in [0, 0.1) is 13.8 Å². The summed E-state index contributed by atoms with van der Waals surface area (Å²) in [5.74, 6) is -2.12. The molecule has 3 rings (SSSR count). The Hall–Kier alpha value is -3.97. The number of hydrazone groups is 1. The first-order valence-corrected chi connectivity index (χ1v) is 9.99. The number of hydrogen-bond acceptors (Lipinski definition) is 5. The summed E-state index contributed by atoms with van der Waals surface area (Å²) in [5.41, 5.74) is 5.50. The van der Waals surface area contributed by atoms with E-state index in [4.69, 9.17) is 16.3 Å².